The van der Waals surface area contributed by atoms with Crippen molar-refractivity contribution in [3.8, 4) is 0 Å². The van der Waals surface area contributed by atoms with E-state index in [9.17, 15) is 13.2 Å². The molecule has 1 heterocycles. The van der Waals surface area contributed by atoms with Crippen molar-refractivity contribution in [3.63, 3.8) is 0 Å². The van der Waals surface area contributed by atoms with Crippen LogP contribution in [0, 0.1) is 13.8 Å². The molecule has 1 fully saturated rings. The first-order valence-corrected chi connectivity index (χ1v) is 9.32. The van der Waals surface area contributed by atoms with Gasteiger partial charge in [-0.15, -0.1) is 0 Å². The molecule has 1 amide bonds. The second kappa shape index (κ2) is 7.90. The number of nitrogens with one attached hydrogen (secondary N) is 2. The van der Waals surface area contributed by atoms with Gasteiger partial charge >= 0.3 is 0 Å². The van der Waals surface area contributed by atoms with Crippen molar-refractivity contribution >= 4 is 15.9 Å². The number of hydrogen-bond donors (Lipinski definition) is 2. The van der Waals surface area contributed by atoms with E-state index >= 15 is 0 Å². The number of amides is 1. The van der Waals surface area contributed by atoms with Gasteiger partial charge in [0.25, 0.3) is 0 Å². The van der Waals surface area contributed by atoms with Gasteiger partial charge in [-0.3, -0.25) is 4.79 Å². The second-order valence-corrected chi connectivity index (χ2v) is 7.60. The minimum absolute atomic E-state index is 0.0760. The van der Waals surface area contributed by atoms with Crippen molar-refractivity contribution in [2.24, 2.45) is 0 Å². The maximum atomic E-state index is 12.2. The Balaban J connectivity index is 1.77. The lowest BCUT2D eigenvalue weighted by atomic mass is 10.1. The first-order valence-electron chi connectivity index (χ1n) is 7.84. The lowest BCUT2D eigenvalue weighted by Gasteiger charge is -2.11. The van der Waals surface area contributed by atoms with Crippen LogP contribution < -0.4 is 10.0 Å². The van der Waals surface area contributed by atoms with Crippen LogP contribution in [0.15, 0.2) is 23.1 Å². The van der Waals surface area contributed by atoms with Gasteiger partial charge in [0.05, 0.1) is 11.0 Å². The third kappa shape index (κ3) is 5.30. The number of hydrogen-bond acceptors (Lipinski definition) is 4. The van der Waals surface area contributed by atoms with E-state index in [1.807, 2.05) is 13.8 Å². The van der Waals surface area contributed by atoms with E-state index in [0.29, 0.717) is 6.54 Å². The van der Waals surface area contributed by atoms with E-state index in [2.05, 4.69) is 10.0 Å². The Kier molecular flexibility index (Phi) is 6.15. The van der Waals surface area contributed by atoms with E-state index in [4.69, 9.17) is 4.74 Å². The molecule has 1 aliphatic rings. The predicted molar refractivity (Wildman–Crippen MR) is 87.7 cm³/mol. The largest absolute Gasteiger partial charge is 0.376 e. The van der Waals surface area contributed by atoms with E-state index < -0.39 is 10.0 Å². The zero-order chi connectivity index (χ0) is 16.9. The number of ether oxygens (including phenoxy) is 1. The Morgan fingerprint density at radius 3 is 2.74 bits per heavy atom. The fraction of sp³-hybridized carbons (Fsp3) is 0.562. The van der Waals surface area contributed by atoms with Gasteiger partial charge in [-0.2, -0.15) is 0 Å². The molecule has 1 aliphatic heterocycles. The molecule has 0 spiro atoms. The molecule has 128 valence electrons. The Morgan fingerprint density at radius 1 is 1.30 bits per heavy atom. The number of carbonyl (C=O) groups excluding carboxylic acids is 1. The lowest BCUT2D eigenvalue weighted by Crippen LogP contribution is -2.34. The summed E-state index contributed by atoms with van der Waals surface area (Å²) in [7, 11) is -3.58. The van der Waals surface area contributed by atoms with Crippen LogP contribution in [0.3, 0.4) is 0 Å². The number of sulfonamides is 1. The highest BCUT2D eigenvalue weighted by Crippen LogP contribution is 2.14. The summed E-state index contributed by atoms with van der Waals surface area (Å²) in [6, 6.07) is 4.98. The standard InChI is InChI=1S/C16H24N2O4S/c1-12-5-6-15(10-13(12)2)23(20,21)18-8-7-16(19)17-11-14-4-3-9-22-14/h5-6,10,14,18H,3-4,7-9,11H2,1-2H3,(H,17,19)/t14-/m0/s1. The summed E-state index contributed by atoms with van der Waals surface area (Å²) in [6.07, 6.45) is 2.18. The molecule has 0 aliphatic carbocycles. The Labute approximate surface area is 137 Å². The monoisotopic (exact) mass is 340 g/mol. The van der Waals surface area contributed by atoms with Crippen LogP contribution in [0.1, 0.15) is 30.4 Å². The molecule has 2 N–H and O–H groups in total. The molecular weight excluding hydrogens is 316 g/mol. The number of rotatable bonds is 7. The fourth-order valence-electron chi connectivity index (χ4n) is 2.38. The molecule has 7 heteroatoms. The summed E-state index contributed by atoms with van der Waals surface area (Å²) in [4.78, 5) is 11.9. The average Bonchev–Trinajstić information content (AvgIpc) is 3.01. The third-order valence-electron chi connectivity index (χ3n) is 3.98. The van der Waals surface area contributed by atoms with Crippen LogP contribution in [0.5, 0.6) is 0 Å². The summed E-state index contributed by atoms with van der Waals surface area (Å²) in [5.41, 5.74) is 1.96. The fourth-order valence-corrected chi connectivity index (χ4v) is 3.50. The zero-order valence-electron chi connectivity index (χ0n) is 13.6. The van der Waals surface area contributed by atoms with Crippen LogP contribution in [0.25, 0.3) is 0 Å². The number of carbonyl (C=O) groups is 1. The van der Waals surface area contributed by atoms with Crippen molar-refractivity contribution in [2.75, 3.05) is 19.7 Å². The Bertz CT molecular complexity index is 652. The molecule has 1 aromatic carbocycles. The highest BCUT2D eigenvalue weighted by Gasteiger charge is 2.17. The molecule has 23 heavy (non-hydrogen) atoms. The van der Waals surface area contributed by atoms with Gasteiger partial charge < -0.3 is 10.1 Å². The SMILES string of the molecule is Cc1ccc(S(=O)(=O)NCCC(=O)NC[C@@H]2CCCO2)cc1C. The second-order valence-electron chi connectivity index (χ2n) is 5.83. The van der Waals surface area contributed by atoms with E-state index in [1.54, 1.807) is 18.2 Å². The molecule has 1 atom stereocenters. The van der Waals surface area contributed by atoms with Crippen molar-refractivity contribution < 1.29 is 17.9 Å². The van der Waals surface area contributed by atoms with Crippen molar-refractivity contribution in [1.82, 2.24) is 10.0 Å². The number of aryl methyl sites for hydroxylation is 2. The molecular formula is C16H24N2O4S. The maximum Gasteiger partial charge on any atom is 0.240 e. The van der Waals surface area contributed by atoms with E-state index in [-0.39, 0.29) is 29.9 Å². The van der Waals surface area contributed by atoms with Crippen LogP contribution >= 0.6 is 0 Å². The molecule has 2 rings (SSSR count). The quantitative estimate of drug-likeness (QED) is 0.783. The summed E-state index contributed by atoms with van der Waals surface area (Å²) in [6.45, 7) is 5.11. The summed E-state index contributed by atoms with van der Waals surface area (Å²) in [5, 5.41) is 2.77. The zero-order valence-corrected chi connectivity index (χ0v) is 14.4. The molecule has 0 bridgehead atoms. The van der Waals surface area contributed by atoms with Crippen LogP contribution in [-0.4, -0.2) is 40.1 Å². The Hall–Kier alpha value is -1.44. The molecule has 0 aromatic heterocycles. The van der Waals surface area contributed by atoms with Gasteiger partial charge in [-0.1, -0.05) is 6.07 Å². The first kappa shape index (κ1) is 17.9. The molecule has 1 saturated heterocycles. The Morgan fingerprint density at radius 2 is 2.09 bits per heavy atom. The molecule has 0 saturated carbocycles. The summed E-state index contributed by atoms with van der Waals surface area (Å²) in [5.74, 6) is -0.178. The maximum absolute atomic E-state index is 12.2. The van der Waals surface area contributed by atoms with Gasteiger partial charge in [-0.05, 0) is 49.9 Å². The van der Waals surface area contributed by atoms with Crippen molar-refractivity contribution in [1.29, 1.82) is 0 Å². The third-order valence-corrected chi connectivity index (χ3v) is 5.44. The minimum atomic E-state index is -3.58. The topological polar surface area (TPSA) is 84.5 Å². The minimum Gasteiger partial charge on any atom is -0.376 e. The molecule has 1 aromatic rings. The summed E-state index contributed by atoms with van der Waals surface area (Å²) >= 11 is 0. The summed E-state index contributed by atoms with van der Waals surface area (Å²) < 4.78 is 32.2. The van der Waals surface area contributed by atoms with E-state index in [1.165, 1.54) is 0 Å². The van der Waals surface area contributed by atoms with Gasteiger partial charge in [-0.25, -0.2) is 13.1 Å². The van der Waals surface area contributed by atoms with E-state index in [0.717, 1.165) is 30.6 Å². The van der Waals surface area contributed by atoms with Gasteiger partial charge in [0, 0.05) is 26.1 Å². The highest BCUT2D eigenvalue weighted by atomic mass is 32.2. The molecule has 0 unspecified atom stereocenters. The van der Waals surface area contributed by atoms with Crippen molar-refractivity contribution in [3.05, 3.63) is 29.3 Å². The molecule has 6 nitrogen and oxygen atoms in total. The normalized spacial score (nSPS) is 18.1. The van der Waals surface area contributed by atoms with Crippen LogP contribution in [-0.2, 0) is 19.6 Å². The van der Waals surface area contributed by atoms with Gasteiger partial charge in [0.2, 0.25) is 15.9 Å². The number of benzene rings is 1. The van der Waals surface area contributed by atoms with Gasteiger partial charge in [0.15, 0.2) is 0 Å². The lowest BCUT2D eigenvalue weighted by molar-refractivity contribution is -0.121. The predicted octanol–water partition coefficient (Wildman–Crippen LogP) is 1.27. The molecule has 0 radical (unpaired) electrons. The van der Waals surface area contributed by atoms with Crippen LogP contribution in [0.4, 0.5) is 0 Å². The average molecular weight is 340 g/mol. The first-order chi connectivity index (χ1) is 10.9. The van der Waals surface area contributed by atoms with Crippen LogP contribution in [0.2, 0.25) is 0 Å². The smallest absolute Gasteiger partial charge is 0.240 e. The van der Waals surface area contributed by atoms with Gasteiger partial charge in [0.1, 0.15) is 0 Å². The highest BCUT2D eigenvalue weighted by molar-refractivity contribution is 7.89. The van der Waals surface area contributed by atoms with Crippen molar-refractivity contribution in [2.45, 2.75) is 44.1 Å².